The van der Waals surface area contributed by atoms with Gasteiger partial charge in [0.25, 0.3) is 0 Å². The molecule has 1 aliphatic carbocycles. The molecule has 0 unspecified atom stereocenters. The molecule has 1 heterocycles. The van der Waals surface area contributed by atoms with Crippen molar-refractivity contribution in [1.29, 1.82) is 0 Å². The summed E-state index contributed by atoms with van der Waals surface area (Å²) in [6.45, 7) is 0.0579. The van der Waals surface area contributed by atoms with Crippen molar-refractivity contribution in [2.45, 2.75) is 25.9 Å². The SMILES string of the molecule is COc1ccc(COC(=O)c2cc3c(s2)CCC3)cc1F. The van der Waals surface area contributed by atoms with Crippen LogP contribution in [-0.2, 0) is 24.2 Å². The first-order chi connectivity index (χ1) is 10.2. The highest BCUT2D eigenvalue weighted by atomic mass is 32.1. The summed E-state index contributed by atoms with van der Waals surface area (Å²) in [6, 6.07) is 6.45. The van der Waals surface area contributed by atoms with Crippen molar-refractivity contribution >= 4 is 17.3 Å². The van der Waals surface area contributed by atoms with E-state index in [1.807, 2.05) is 6.07 Å². The number of carbonyl (C=O) groups is 1. The number of hydrogen-bond donors (Lipinski definition) is 0. The molecule has 2 aromatic rings. The van der Waals surface area contributed by atoms with Crippen LogP contribution in [-0.4, -0.2) is 13.1 Å². The van der Waals surface area contributed by atoms with Gasteiger partial charge >= 0.3 is 5.97 Å². The second-order valence-corrected chi connectivity index (χ2v) is 6.09. The molecule has 0 spiro atoms. The van der Waals surface area contributed by atoms with Crippen molar-refractivity contribution in [3.63, 3.8) is 0 Å². The molecule has 5 heteroatoms. The van der Waals surface area contributed by atoms with Gasteiger partial charge in [0.05, 0.1) is 7.11 Å². The zero-order valence-corrected chi connectivity index (χ0v) is 12.5. The molecule has 1 aromatic heterocycles. The molecule has 3 rings (SSSR count). The lowest BCUT2D eigenvalue weighted by Crippen LogP contribution is -2.03. The summed E-state index contributed by atoms with van der Waals surface area (Å²) in [4.78, 5) is 13.9. The zero-order valence-electron chi connectivity index (χ0n) is 11.6. The number of ether oxygens (including phenoxy) is 2. The molecule has 0 radical (unpaired) electrons. The third-order valence-corrected chi connectivity index (χ3v) is 4.75. The number of fused-ring (bicyclic) bond motifs is 1. The fraction of sp³-hybridized carbons (Fsp3) is 0.312. The zero-order chi connectivity index (χ0) is 14.8. The molecule has 0 fully saturated rings. The number of hydrogen-bond acceptors (Lipinski definition) is 4. The van der Waals surface area contributed by atoms with Gasteiger partial charge in [-0.15, -0.1) is 11.3 Å². The van der Waals surface area contributed by atoms with E-state index in [4.69, 9.17) is 9.47 Å². The molecule has 0 N–H and O–H groups in total. The van der Waals surface area contributed by atoms with E-state index in [1.165, 1.54) is 47.4 Å². The standard InChI is InChI=1S/C16H15FO3S/c1-19-13-6-5-10(7-12(13)17)9-20-16(18)15-8-11-3-2-4-14(11)21-15/h5-8H,2-4,9H2,1H3. The maximum Gasteiger partial charge on any atom is 0.348 e. The number of thiophene rings is 1. The van der Waals surface area contributed by atoms with Gasteiger partial charge in [-0.3, -0.25) is 0 Å². The van der Waals surface area contributed by atoms with Gasteiger partial charge in [-0.25, -0.2) is 9.18 Å². The van der Waals surface area contributed by atoms with Crippen LogP contribution in [0.15, 0.2) is 24.3 Å². The monoisotopic (exact) mass is 306 g/mol. The third-order valence-electron chi connectivity index (χ3n) is 3.53. The number of esters is 1. The van der Waals surface area contributed by atoms with Crippen LogP contribution in [0.4, 0.5) is 4.39 Å². The van der Waals surface area contributed by atoms with Crippen molar-refractivity contribution < 1.29 is 18.7 Å². The molecule has 3 nitrogen and oxygen atoms in total. The summed E-state index contributed by atoms with van der Waals surface area (Å²) < 4.78 is 23.6. The smallest absolute Gasteiger partial charge is 0.348 e. The van der Waals surface area contributed by atoms with E-state index in [1.54, 1.807) is 6.07 Å². The molecule has 0 aliphatic heterocycles. The third kappa shape index (κ3) is 2.93. The Bertz CT molecular complexity index is 657. The van der Waals surface area contributed by atoms with Crippen LogP contribution in [0.1, 0.15) is 32.1 Å². The van der Waals surface area contributed by atoms with E-state index in [0.717, 1.165) is 12.8 Å². The second-order valence-electron chi connectivity index (χ2n) is 4.96. The minimum Gasteiger partial charge on any atom is -0.494 e. The van der Waals surface area contributed by atoms with Gasteiger partial charge in [0.1, 0.15) is 11.5 Å². The van der Waals surface area contributed by atoms with Crippen LogP contribution in [0, 0.1) is 5.82 Å². The molecule has 0 amide bonds. The van der Waals surface area contributed by atoms with Crippen molar-refractivity contribution in [3.8, 4) is 5.75 Å². The van der Waals surface area contributed by atoms with Crippen LogP contribution in [0.2, 0.25) is 0 Å². The fourth-order valence-electron chi connectivity index (χ4n) is 2.45. The number of rotatable bonds is 4. The van der Waals surface area contributed by atoms with Crippen molar-refractivity contribution in [1.82, 2.24) is 0 Å². The highest BCUT2D eigenvalue weighted by Gasteiger charge is 2.19. The van der Waals surface area contributed by atoms with Crippen LogP contribution in [0.5, 0.6) is 5.75 Å². The highest BCUT2D eigenvalue weighted by molar-refractivity contribution is 7.14. The Balaban J connectivity index is 1.64. The Labute approximate surface area is 126 Å². The summed E-state index contributed by atoms with van der Waals surface area (Å²) in [5, 5.41) is 0. The number of halogens is 1. The van der Waals surface area contributed by atoms with Gasteiger partial charge in [-0.05, 0) is 48.6 Å². The van der Waals surface area contributed by atoms with Crippen molar-refractivity contribution in [2.75, 3.05) is 7.11 Å². The largest absolute Gasteiger partial charge is 0.494 e. The van der Waals surface area contributed by atoms with Crippen LogP contribution < -0.4 is 4.74 Å². The minimum atomic E-state index is -0.457. The Kier molecular flexibility index (Phi) is 3.92. The van der Waals surface area contributed by atoms with Crippen LogP contribution in [0.3, 0.4) is 0 Å². The Morgan fingerprint density at radius 1 is 1.33 bits per heavy atom. The summed E-state index contributed by atoms with van der Waals surface area (Å²) in [5.41, 5.74) is 1.87. The quantitative estimate of drug-likeness (QED) is 0.807. The number of aryl methyl sites for hydroxylation is 2. The van der Waals surface area contributed by atoms with E-state index in [2.05, 4.69) is 0 Å². The van der Waals surface area contributed by atoms with Crippen LogP contribution >= 0.6 is 11.3 Å². The molecule has 1 aliphatic rings. The molecular weight excluding hydrogens is 291 g/mol. The first-order valence-corrected chi connectivity index (χ1v) is 7.60. The van der Waals surface area contributed by atoms with Crippen molar-refractivity contribution in [2.24, 2.45) is 0 Å². The van der Waals surface area contributed by atoms with Gasteiger partial charge < -0.3 is 9.47 Å². The highest BCUT2D eigenvalue weighted by Crippen LogP contribution is 2.31. The number of carbonyl (C=O) groups excluding carboxylic acids is 1. The molecule has 0 bridgehead atoms. The second kappa shape index (κ2) is 5.85. The van der Waals surface area contributed by atoms with E-state index >= 15 is 0 Å². The molecular formula is C16H15FO3S. The summed E-state index contributed by atoms with van der Waals surface area (Å²) >= 11 is 1.51. The average Bonchev–Trinajstić information content (AvgIpc) is 3.06. The Morgan fingerprint density at radius 2 is 2.19 bits per heavy atom. The van der Waals surface area contributed by atoms with E-state index in [-0.39, 0.29) is 18.3 Å². The average molecular weight is 306 g/mol. The number of benzene rings is 1. The summed E-state index contributed by atoms with van der Waals surface area (Å²) in [5.74, 6) is -0.619. The predicted molar refractivity (Wildman–Crippen MR) is 78.4 cm³/mol. The summed E-state index contributed by atoms with van der Waals surface area (Å²) in [7, 11) is 1.41. The molecule has 0 saturated carbocycles. The van der Waals surface area contributed by atoms with Gasteiger partial charge in [-0.2, -0.15) is 0 Å². The topological polar surface area (TPSA) is 35.5 Å². The van der Waals surface area contributed by atoms with Gasteiger partial charge in [-0.1, -0.05) is 6.07 Å². The first-order valence-electron chi connectivity index (χ1n) is 6.78. The maximum atomic E-state index is 13.5. The van der Waals surface area contributed by atoms with E-state index in [0.29, 0.717) is 10.4 Å². The minimum absolute atomic E-state index is 0.0579. The van der Waals surface area contributed by atoms with Gasteiger partial charge in [0, 0.05) is 4.88 Å². The van der Waals surface area contributed by atoms with E-state index in [9.17, 15) is 9.18 Å². The normalized spacial score (nSPS) is 13.0. The number of methoxy groups -OCH3 is 1. The first kappa shape index (κ1) is 14.1. The molecule has 1 aromatic carbocycles. The predicted octanol–water partition coefficient (Wildman–Crippen LogP) is 3.74. The summed E-state index contributed by atoms with van der Waals surface area (Å²) in [6.07, 6.45) is 3.27. The van der Waals surface area contributed by atoms with Crippen molar-refractivity contribution in [3.05, 3.63) is 51.0 Å². The molecule has 110 valence electrons. The maximum absolute atomic E-state index is 13.5. The van der Waals surface area contributed by atoms with Gasteiger partial charge in [0.2, 0.25) is 0 Å². The van der Waals surface area contributed by atoms with Crippen LogP contribution in [0.25, 0.3) is 0 Å². The molecule has 0 saturated heterocycles. The Morgan fingerprint density at radius 3 is 2.90 bits per heavy atom. The lowest BCUT2D eigenvalue weighted by molar-refractivity contribution is 0.0478. The fourth-order valence-corrected chi connectivity index (χ4v) is 3.60. The molecule has 21 heavy (non-hydrogen) atoms. The lowest BCUT2D eigenvalue weighted by Gasteiger charge is -2.06. The van der Waals surface area contributed by atoms with Gasteiger partial charge in [0.15, 0.2) is 11.6 Å². The lowest BCUT2D eigenvalue weighted by atomic mass is 10.2. The van der Waals surface area contributed by atoms with E-state index < -0.39 is 5.82 Å². The Hall–Kier alpha value is -1.88. The molecule has 0 atom stereocenters.